The highest BCUT2D eigenvalue weighted by Gasteiger charge is 2.32. The summed E-state index contributed by atoms with van der Waals surface area (Å²) in [6, 6.07) is 7.58. The minimum atomic E-state index is -0.351. The first kappa shape index (κ1) is 22.7. The van der Waals surface area contributed by atoms with Crippen molar-refractivity contribution in [2.45, 2.75) is 64.0 Å². The molecule has 1 aromatic carbocycles. The van der Waals surface area contributed by atoms with Gasteiger partial charge in [-0.2, -0.15) is 0 Å². The number of hydrogen-bond donors (Lipinski definition) is 3. The molecular formula is C21H32ClN3O3. The summed E-state index contributed by atoms with van der Waals surface area (Å²) >= 11 is 0. The first-order valence-corrected chi connectivity index (χ1v) is 10.1. The molecule has 4 N–H and O–H groups in total. The smallest absolute Gasteiger partial charge is 0.253 e. The molecule has 2 amide bonds. The molecule has 0 radical (unpaired) electrons. The number of ether oxygens (including phenoxy) is 1. The fourth-order valence-electron chi connectivity index (χ4n) is 4.12. The zero-order valence-corrected chi connectivity index (χ0v) is 17.2. The maximum Gasteiger partial charge on any atom is 0.253 e. The first-order valence-electron chi connectivity index (χ1n) is 10.1. The van der Waals surface area contributed by atoms with Crippen molar-refractivity contribution in [3.8, 4) is 0 Å². The van der Waals surface area contributed by atoms with Crippen molar-refractivity contribution in [1.82, 2.24) is 5.32 Å². The van der Waals surface area contributed by atoms with Crippen LogP contribution in [0.25, 0.3) is 0 Å². The van der Waals surface area contributed by atoms with Crippen LogP contribution in [0.3, 0.4) is 0 Å². The average molecular weight is 410 g/mol. The topological polar surface area (TPSA) is 93.5 Å². The summed E-state index contributed by atoms with van der Waals surface area (Å²) in [5, 5.41) is 5.91. The van der Waals surface area contributed by atoms with Crippen molar-refractivity contribution in [2.75, 3.05) is 18.5 Å². The molecule has 1 unspecified atom stereocenters. The SMILES string of the molecule is Cl.NCC1(CC(=O)NCc2cccc(NC(=O)C3CCCO3)c2)CCCCC1. The number of carbonyl (C=O) groups is 2. The van der Waals surface area contributed by atoms with Crippen molar-refractivity contribution < 1.29 is 14.3 Å². The lowest BCUT2D eigenvalue weighted by atomic mass is 9.71. The number of benzene rings is 1. The van der Waals surface area contributed by atoms with Crippen LogP contribution in [-0.2, 0) is 20.9 Å². The van der Waals surface area contributed by atoms with Gasteiger partial charge in [-0.05, 0) is 55.3 Å². The minimum Gasteiger partial charge on any atom is -0.368 e. The Morgan fingerprint density at radius 3 is 2.64 bits per heavy atom. The molecule has 1 aliphatic carbocycles. The summed E-state index contributed by atoms with van der Waals surface area (Å²) in [6.07, 6.45) is 7.50. The molecule has 0 spiro atoms. The zero-order chi connectivity index (χ0) is 19.1. The van der Waals surface area contributed by atoms with Gasteiger partial charge in [0.25, 0.3) is 5.91 Å². The quantitative estimate of drug-likeness (QED) is 0.644. The predicted molar refractivity (Wildman–Crippen MR) is 112 cm³/mol. The van der Waals surface area contributed by atoms with Gasteiger partial charge in [-0.25, -0.2) is 0 Å². The third kappa shape index (κ3) is 6.19. The van der Waals surface area contributed by atoms with Gasteiger partial charge in [-0.1, -0.05) is 31.4 Å². The third-order valence-corrected chi connectivity index (χ3v) is 5.79. The number of rotatable bonds is 7. The van der Waals surface area contributed by atoms with Gasteiger partial charge in [0.15, 0.2) is 0 Å². The highest BCUT2D eigenvalue weighted by molar-refractivity contribution is 5.94. The number of carbonyl (C=O) groups excluding carboxylic acids is 2. The first-order chi connectivity index (χ1) is 13.1. The number of nitrogens with two attached hydrogens (primary N) is 1. The van der Waals surface area contributed by atoms with Crippen LogP contribution in [0.5, 0.6) is 0 Å². The van der Waals surface area contributed by atoms with Crippen LogP contribution in [-0.4, -0.2) is 31.1 Å². The number of amides is 2. The number of nitrogens with one attached hydrogen (secondary N) is 2. The molecular weight excluding hydrogens is 378 g/mol. The Bertz CT molecular complexity index is 656. The third-order valence-electron chi connectivity index (χ3n) is 5.79. The number of hydrogen-bond acceptors (Lipinski definition) is 4. The molecule has 1 aliphatic heterocycles. The summed E-state index contributed by atoms with van der Waals surface area (Å²) in [4.78, 5) is 24.6. The lowest BCUT2D eigenvalue weighted by Gasteiger charge is -2.35. The number of anilines is 1. The lowest BCUT2D eigenvalue weighted by Crippen LogP contribution is -2.38. The molecule has 1 heterocycles. The van der Waals surface area contributed by atoms with E-state index in [4.69, 9.17) is 10.5 Å². The van der Waals surface area contributed by atoms with E-state index < -0.39 is 0 Å². The van der Waals surface area contributed by atoms with Gasteiger partial charge in [0.2, 0.25) is 5.91 Å². The fourth-order valence-corrected chi connectivity index (χ4v) is 4.12. The van der Waals surface area contributed by atoms with E-state index in [0.29, 0.717) is 26.1 Å². The van der Waals surface area contributed by atoms with Gasteiger partial charge in [0.05, 0.1) is 0 Å². The predicted octanol–water partition coefficient (Wildman–Crippen LogP) is 3.14. The highest BCUT2D eigenvalue weighted by Crippen LogP contribution is 2.38. The van der Waals surface area contributed by atoms with Gasteiger partial charge in [-0.15, -0.1) is 12.4 Å². The van der Waals surface area contributed by atoms with Crippen LogP contribution in [0.1, 0.15) is 56.9 Å². The summed E-state index contributed by atoms with van der Waals surface area (Å²) in [7, 11) is 0. The summed E-state index contributed by atoms with van der Waals surface area (Å²) in [6.45, 7) is 1.67. The molecule has 156 valence electrons. The van der Waals surface area contributed by atoms with E-state index >= 15 is 0 Å². The molecule has 1 saturated carbocycles. The van der Waals surface area contributed by atoms with Crippen LogP contribution in [0.4, 0.5) is 5.69 Å². The van der Waals surface area contributed by atoms with Gasteiger partial charge in [-0.3, -0.25) is 9.59 Å². The Balaban J connectivity index is 0.00000280. The molecule has 0 bridgehead atoms. The Morgan fingerprint density at radius 2 is 1.96 bits per heavy atom. The molecule has 7 heteroatoms. The van der Waals surface area contributed by atoms with Crippen molar-refractivity contribution >= 4 is 29.9 Å². The van der Waals surface area contributed by atoms with Crippen LogP contribution in [0.2, 0.25) is 0 Å². The minimum absolute atomic E-state index is 0. The Kier molecular flexibility index (Phi) is 8.73. The van der Waals surface area contributed by atoms with Crippen molar-refractivity contribution in [3.05, 3.63) is 29.8 Å². The summed E-state index contributed by atoms with van der Waals surface area (Å²) in [5.41, 5.74) is 7.64. The second-order valence-electron chi connectivity index (χ2n) is 7.91. The van der Waals surface area contributed by atoms with Crippen LogP contribution in [0, 0.1) is 5.41 Å². The maximum absolute atomic E-state index is 12.4. The van der Waals surface area contributed by atoms with Crippen LogP contribution >= 0.6 is 12.4 Å². The lowest BCUT2D eigenvalue weighted by molar-refractivity contribution is -0.125. The summed E-state index contributed by atoms with van der Waals surface area (Å²) in [5.74, 6) is -0.0491. The maximum atomic E-state index is 12.4. The second kappa shape index (κ2) is 10.8. The molecule has 3 rings (SSSR count). The van der Waals surface area contributed by atoms with E-state index in [-0.39, 0.29) is 35.7 Å². The van der Waals surface area contributed by atoms with Gasteiger partial charge >= 0.3 is 0 Å². The Labute approximate surface area is 173 Å². The standard InChI is InChI=1S/C21H31N3O3.ClH/c22-15-21(9-2-1-3-10-21)13-19(25)23-14-16-6-4-7-17(12-16)24-20(26)18-8-5-11-27-18;/h4,6-7,12,18H,1-3,5,8-11,13-15,22H2,(H,23,25)(H,24,26);1H. The zero-order valence-electron chi connectivity index (χ0n) is 16.4. The van der Waals surface area contributed by atoms with Crippen LogP contribution in [0.15, 0.2) is 24.3 Å². The van der Waals surface area contributed by atoms with Crippen molar-refractivity contribution in [3.63, 3.8) is 0 Å². The largest absolute Gasteiger partial charge is 0.368 e. The highest BCUT2D eigenvalue weighted by atomic mass is 35.5. The van der Waals surface area contributed by atoms with E-state index in [9.17, 15) is 9.59 Å². The van der Waals surface area contributed by atoms with Crippen LogP contribution < -0.4 is 16.4 Å². The van der Waals surface area contributed by atoms with Crippen molar-refractivity contribution in [2.24, 2.45) is 11.1 Å². The van der Waals surface area contributed by atoms with Gasteiger partial charge in [0, 0.05) is 25.3 Å². The average Bonchev–Trinajstić information content (AvgIpc) is 3.22. The molecule has 1 aromatic rings. The van der Waals surface area contributed by atoms with E-state index in [2.05, 4.69) is 10.6 Å². The molecule has 0 aromatic heterocycles. The summed E-state index contributed by atoms with van der Waals surface area (Å²) < 4.78 is 5.41. The Morgan fingerprint density at radius 1 is 1.18 bits per heavy atom. The van der Waals surface area contributed by atoms with E-state index in [1.165, 1.54) is 6.42 Å². The number of halogens is 1. The van der Waals surface area contributed by atoms with E-state index in [1.54, 1.807) is 0 Å². The van der Waals surface area contributed by atoms with E-state index in [0.717, 1.165) is 49.8 Å². The van der Waals surface area contributed by atoms with Crippen molar-refractivity contribution in [1.29, 1.82) is 0 Å². The monoisotopic (exact) mass is 409 g/mol. The Hall–Kier alpha value is -1.63. The molecule has 2 fully saturated rings. The van der Waals surface area contributed by atoms with Gasteiger partial charge in [0.1, 0.15) is 6.10 Å². The molecule has 28 heavy (non-hydrogen) atoms. The molecule has 2 aliphatic rings. The molecule has 1 saturated heterocycles. The molecule has 6 nitrogen and oxygen atoms in total. The second-order valence-corrected chi connectivity index (χ2v) is 7.91. The van der Waals surface area contributed by atoms with E-state index in [1.807, 2.05) is 24.3 Å². The normalized spacial score (nSPS) is 20.8. The van der Waals surface area contributed by atoms with Gasteiger partial charge < -0.3 is 21.1 Å². The fraction of sp³-hybridized carbons (Fsp3) is 0.619. The molecule has 1 atom stereocenters.